The zero-order chi connectivity index (χ0) is 19.5. The summed E-state index contributed by atoms with van der Waals surface area (Å²) in [5, 5.41) is 6.61. The zero-order valence-electron chi connectivity index (χ0n) is 16.8. The fourth-order valence-electron chi connectivity index (χ4n) is 2.71. The van der Waals surface area contributed by atoms with Gasteiger partial charge in [-0.1, -0.05) is 6.07 Å². The highest BCUT2D eigenvalue weighted by Crippen LogP contribution is 2.34. The standard InChI is InChI=1S/C20H28N4O3.HI/c1-21-20(23-11-8-15-7-5-6-10-22-15)24-12-9-17-18(26-3)13-16(25-2)14-19(17)27-4;/h5-7,10,13-14H,8-9,11-12H2,1-4H3,(H2,21,23,24);1H. The normalized spacial score (nSPS) is 10.6. The summed E-state index contributed by atoms with van der Waals surface area (Å²) in [7, 11) is 6.66. The Morgan fingerprint density at radius 3 is 2.11 bits per heavy atom. The first-order valence-corrected chi connectivity index (χ1v) is 8.85. The van der Waals surface area contributed by atoms with Gasteiger partial charge in [-0.15, -0.1) is 24.0 Å². The molecule has 0 saturated heterocycles. The summed E-state index contributed by atoms with van der Waals surface area (Å²) < 4.78 is 16.3. The lowest BCUT2D eigenvalue weighted by molar-refractivity contribution is 0.368. The van der Waals surface area contributed by atoms with E-state index in [9.17, 15) is 0 Å². The summed E-state index contributed by atoms with van der Waals surface area (Å²) in [6, 6.07) is 9.64. The molecule has 154 valence electrons. The number of guanidine groups is 1. The minimum atomic E-state index is 0. The van der Waals surface area contributed by atoms with Crippen LogP contribution in [0.25, 0.3) is 0 Å². The molecular weight excluding hydrogens is 471 g/mol. The molecule has 2 N–H and O–H groups in total. The van der Waals surface area contributed by atoms with Crippen molar-refractivity contribution in [2.75, 3.05) is 41.5 Å². The van der Waals surface area contributed by atoms with E-state index >= 15 is 0 Å². The first-order valence-electron chi connectivity index (χ1n) is 8.85. The van der Waals surface area contributed by atoms with Crippen LogP contribution in [0.15, 0.2) is 41.5 Å². The molecule has 0 saturated carbocycles. The number of rotatable bonds is 9. The Bertz CT molecular complexity index is 716. The van der Waals surface area contributed by atoms with E-state index in [0.717, 1.165) is 48.1 Å². The van der Waals surface area contributed by atoms with Gasteiger partial charge in [-0.2, -0.15) is 0 Å². The van der Waals surface area contributed by atoms with Crippen LogP contribution in [0.5, 0.6) is 17.2 Å². The highest BCUT2D eigenvalue weighted by molar-refractivity contribution is 14.0. The second-order valence-corrected chi connectivity index (χ2v) is 5.76. The number of hydrogen-bond acceptors (Lipinski definition) is 5. The van der Waals surface area contributed by atoms with Gasteiger partial charge in [-0.05, 0) is 18.6 Å². The zero-order valence-corrected chi connectivity index (χ0v) is 19.2. The highest BCUT2D eigenvalue weighted by Gasteiger charge is 2.13. The van der Waals surface area contributed by atoms with Crippen molar-refractivity contribution in [2.45, 2.75) is 12.8 Å². The number of benzene rings is 1. The fraction of sp³-hybridized carbons (Fsp3) is 0.400. The molecule has 1 heterocycles. The van der Waals surface area contributed by atoms with Crippen LogP contribution in [0.1, 0.15) is 11.3 Å². The topological polar surface area (TPSA) is 77.0 Å². The van der Waals surface area contributed by atoms with E-state index in [2.05, 4.69) is 20.6 Å². The molecule has 0 aliphatic carbocycles. The predicted octanol–water partition coefficient (Wildman–Crippen LogP) is 2.68. The third-order valence-electron chi connectivity index (χ3n) is 4.11. The maximum absolute atomic E-state index is 5.49. The molecule has 0 bridgehead atoms. The van der Waals surface area contributed by atoms with E-state index in [-0.39, 0.29) is 24.0 Å². The number of nitrogens with one attached hydrogen (secondary N) is 2. The van der Waals surface area contributed by atoms with Crippen molar-refractivity contribution >= 4 is 29.9 Å². The van der Waals surface area contributed by atoms with E-state index in [4.69, 9.17) is 14.2 Å². The fourth-order valence-corrected chi connectivity index (χ4v) is 2.71. The number of aliphatic imine (C=N–C) groups is 1. The number of pyridine rings is 1. The number of hydrogen-bond donors (Lipinski definition) is 2. The van der Waals surface area contributed by atoms with Crippen LogP contribution in [0.4, 0.5) is 0 Å². The lowest BCUT2D eigenvalue weighted by Crippen LogP contribution is -2.39. The number of aromatic nitrogens is 1. The molecule has 8 heteroatoms. The summed E-state index contributed by atoms with van der Waals surface area (Å²) >= 11 is 0. The van der Waals surface area contributed by atoms with E-state index < -0.39 is 0 Å². The van der Waals surface area contributed by atoms with E-state index in [1.807, 2.05) is 30.3 Å². The molecule has 7 nitrogen and oxygen atoms in total. The van der Waals surface area contributed by atoms with Gasteiger partial charge in [-0.25, -0.2) is 0 Å². The van der Waals surface area contributed by atoms with Crippen molar-refractivity contribution in [1.82, 2.24) is 15.6 Å². The Morgan fingerprint density at radius 2 is 1.61 bits per heavy atom. The molecular formula is C20H29IN4O3. The van der Waals surface area contributed by atoms with Gasteiger partial charge in [0.1, 0.15) is 17.2 Å². The molecule has 2 rings (SSSR count). The smallest absolute Gasteiger partial charge is 0.190 e. The second kappa shape index (κ2) is 13.0. The maximum Gasteiger partial charge on any atom is 0.190 e. The van der Waals surface area contributed by atoms with E-state index in [0.29, 0.717) is 12.3 Å². The van der Waals surface area contributed by atoms with Crippen LogP contribution >= 0.6 is 24.0 Å². The number of halogens is 1. The molecule has 28 heavy (non-hydrogen) atoms. The van der Waals surface area contributed by atoms with Gasteiger partial charge in [-0.3, -0.25) is 9.98 Å². The van der Waals surface area contributed by atoms with Gasteiger partial charge >= 0.3 is 0 Å². The minimum absolute atomic E-state index is 0. The third kappa shape index (κ3) is 7.06. The molecule has 0 spiro atoms. The summed E-state index contributed by atoms with van der Waals surface area (Å²) in [4.78, 5) is 8.57. The van der Waals surface area contributed by atoms with Gasteiger partial charge in [0.15, 0.2) is 5.96 Å². The largest absolute Gasteiger partial charge is 0.496 e. The van der Waals surface area contributed by atoms with Crippen molar-refractivity contribution in [3.63, 3.8) is 0 Å². The van der Waals surface area contributed by atoms with Crippen molar-refractivity contribution < 1.29 is 14.2 Å². The Hall–Kier alpha value is -2.23. The van der Waals surface area contributed by atoms with Crippen LogP contribution < -0.4 is 24.8 Å². The maximum atomic E-state index is 5.49. The van der Waals surface area contributed by atoms with E-state index in [1.165, 1.54) is 0 Å². The summed E-state index contributed by atoms with van der Waals surface area (Å²) in [5.74, 6) is 2.93. The van der Waals surface area contributed by atoms with Crippen LogP contribution in [0.3, 0.4) is 0 Å². The van der Waals surface area contributed by atoms with Gasteiger partial charge in [0, 0.05) is 56.1 Å². The van der Waals surface area contributed by atoms with E-state index in [1.54, 1.807) is 34.6 Å². The molecule has 1 aromatic heterocycles. The quantitative estimate of drug-likeness (QED) is 0.313. The Balaban J connectivity index is 0.00000392. The highest BCUT2D eigenvalue weighted by atomic mass is 127. The monoisotopic (exact) mass is 500 g/mol. The lowest BCUT2D eigenvalue weighted by atomic mass is 10.1. The Labute approximate surface area is 183 Å². The summed E-state index contributed by atoms with van der Waals surface area (Å²) in [6.45, 7) is 1.44. The van der Waals surface area contributed by atoms with Crippen molar-refractivity contribution in [1.29, 1.82) is 0 Å². The minimum Gasteiger partial charge on any atom is -0.496 e. The molecule has 0 radical (unpaired) electrons. The van der Waals surface area contributed by atoms with Gasteiger partial charge in [0.25, 0.3) is 0 Å². The van der Waals surface area contributed by atoms with Crippen LogP contribution in [-0.2, 0) is 12.8 Å². The Kier molecular flexibility index (Phi) is 11.1. The lowest BCUT2D eigenvalue weighted by Gasteiger charge is -2.16. The molecule has 2 aromatic rings. The molecule has 0 aliphatic heterocycles. The van der Waals surface area contributed by atoms with Gasteiger partial charge < -0.3 is 24.8 Å². The summed E-state index contributed by atoms with van der Waals surface area (Å²) in [5.41, 5.74) is 2.03. The van der Waals surface area contributed by atoms with Crippen molar-refractivity contribution in [3.8, 4) is 17.2 Å². The molecule has 0 fully saturated rings. The Morgan fingerprint density at radius 1 is 0.964 bits per heavy atom. The number of methoxy groups -OCH3 is 3. The first kappa shape index (κ1) is 23.8. The number of ether oxygens (including phenoxy) is 3. The van der Waals surface area contributed by atoms with Crippen LogP contribution in [0.2, 0.25) is 0 Å². The molecule has 1 aromatic carbocycles. The van der Waals surface area contributed by atoms with Gasteiger partial charge in [0.05, 0.1) is 21.3 Å². The number of nitrogens with zero attached hydrogens (tertiary/aromatic N) is 2. The molecule has 0 aliphatic rings. The summed E-state index contributed by atoms with van der Waals surface area (Å²) in [6.07, 6.45) is 3.36. The third-order valence-corrected chi connectivity index (χ3v) is 4.11. The molecule has 0 atom stereocenters. The van der Waals surface area contributed by atoms with Crippen molar-refractivity contribution in [3.05, 3.63) is 47.8 Å². The second-order valence-electron chi connectivity index (χ2n) is 5.76. The van der Waals surface area contributed by atoms with Gasteiger partial charge in [0.2, 0.25) is 0 Å². The van der Waals surface area contributed by atoms with Crippen LogP contribution in [-0.4, -0.2) is 52.4 Å². The molecule has 0 amide bonds. The molecule has 0 unspecified atom stereocenters. The average Bonchev–Trinajstić information content (AvgIpc) is 2.73. The van der Waals surface area contributed by atoms with Crippen molar-refractivity contribution in [2.24, 2.45) is 4.99 Å². The average molecular weight is 500 g/mol. The predicted molar refractivity (Wildman–Crippen MR) is 123 cm³/mol. The SMILES string of the molecule is CN=C(NCCc1ccccn1)NCCc1c(OC)cc(OC)cc1OC.I. The first-order chi connectivity index (χ1) is 13.2. The van der Waals surface area contributed by atoms with Crippen LogP contribution in [0, 0.1) is 0 Å².